The maximum Gasteiger partial charge on any atom is 0.326 e. The second-order valence-electron chi connectivity index (χ2n) is 8.44. The highest BCUT2D eigenvalue weighted by atomic mass is 16.4. The van der Waals surface area contributed by atoms with Crippen LogP contribution in [-0.4, -0.2) is 76.6 Å². The van der Waals surface area contributed by atoms with Crippen LogP contribution in [0, 0.1) is 0 Å². The van der Waals surface area contributed by atoms with E-state index in [4.69, 9.17) is 17.2 Å². The van der Waals surface area contributed by atoms with Gasteiger partial charge in [0.15, 0.2) is 0 Å². The minimum Gasteiger partial charge on any atom is -0.480 e. The van der Waals surface area contributed by atoms with Gasteiger partial charge in [-0.2, -0.15) is 0 Å². The predicted molar refractivity (Wildman–Crippen MR) is 130 cm³/mol. The summed E-state index contributed by atoms with van der Waals surface area (Å²) in [4.78, 5) is 60.7. The van der Waals surface area contributed by atoms with E-state index >= 15 is 0 Å². The van der Waals surface area contributed by atoms with Crippen molar-refractivity contribution in [3.8, 4) is 0 Å². The Labute approximate surface area is 209 Å². The maximum atomic E-state index is 13.0. The first-order valence-corrected chi connectivity index (χ1v) is 11.6. The molecule has 1 aromatic carbocycles. The SMILES string of the molecule is CC(O)C(NC(=O)C(CCCCN)NC(=O)C(N)Cc1ccccc1)C(=O)NC(CC(N)=O)C(=O)O. The number of carbonyl (C=O) groups excluding carboxylic acids is 4. The van der Waals surface area contributed by atoms with Gasteiger partial charge in [0.2, 0.25) is 23.6 Å². The first kappa shape index (κ1) is 30.5. The van der Waals surface area contributed by atoms with E-state index < -0.39 is 66.3 Å². The highest BCUT2D eigenvalue weighted by Gasteiger charge is 2.33. The van der Waals surface area contributed by atoms with Crippen LogP contribution in [0.1, 0.15) is 38.2 Å². The van der Waals surface area contributed by atoms with Crippen molar-refractivity contribution < 1.29 is 34.2 Å². The number of primary amides is 1. The fourth-order valence-corrected chi connectivity index (χ4v) is 3.32. The summed E-state index contributed by atoms with van der Waals surface area (Å²) in [5, 5.41) is 26.2. The molecule has 0 spiro atoms. The van der Waals surface area contributed by atoms with Gasteiger partial charge in [-0.1, -0.05) is 30.3 Å². The molecule has 1 aromatic rings. The maximum absolute atomic E-state index is 13.0. The Kier molecular flexibility index (Phi) is 13.1. The molecule has 13 nitrogen and oxygen atoms in total. The molecular formula is C23H36N6O7. The summed E-state index contributed by atoms with van der Waals surface area (Å²) in [5.74, 6) is -4.89. The molecule has 11 N–H and O–H groups in total. The van der Waals surface area contributed by atoms with E-state index in [1.165, 1.54) is 6.92 Å². The topological polar surface area (TPSA) is 240 Å². The Morgan fingerprint density at radius 3 is 2.06 bits per heavy atom. The van der Waals surface area contributed by atoms with Gasteiger partial charge in [0.1, 0.15) is 18.1 Å². The van der Waals surface area contributed by atoms with E-state index in [0.29, 0.717) is 19.4 Å². The molecule has 0 saturated heterocycles. The van der Waals surface area contributed by atoms with Crippen LogP contribution in [0.4, 0.5) is 0 Å². The van der Waals surface area contributed by atoms with E-state index in [1.807, 2.05) is 30.3 Å². The lowest BCUT2D eigenvalue weighted by atomic mass is 10.0. The number of rotatable bonds is 16. The summed E-state index contributed by atoms with van der Waals surface area (Å²) in [5.41, 5.74) is 17.4. The number of aliphatic hydroxyl groups excluding tert-OH is 1. The largest absolute Gasteiger partial charge is 0.480 e. The van der Waals surface area contributed by atoms with Crippen molar-refractivity contribution in [1.82, 2.24) is 16.0 Å². The van der Waals surface area contributed by atoms with Crippen molar-refractivity contribution in [2.75, 3.05) is 6.54 Å². The normalized spacial score (nSPS) is 15.0. The zero-order chi connectivity index (χ0) is 27.3. The second-order valence-corrected chi connectivity index (χ2v) is 8.44. The van der Waals surface area contributed by atoms with Crippen LogP contribution in [0.5, 0.6) is 0 Å². The fourth-order valence-electron chi connectivity index (χ4n) is 3.32. The molecule has 5 atom stereocenters. The molecule has 1 rings (SSSR count). The average molecular weight is 509 g/mol. The number of amides is 4. The van der Waals surface area contributed by atoms with Gasteiger partial charge in [-0.05, 0) is 44.7 Å². The molecule has 13 heteroatoms. The molecule has 0 radical (unpaired) electrons. The van der Waals surface area contributed by atoms with Crippen LogP contribution in [-0.2, 0) is 30.4 Å². The Bertz CT molecular complexity index is 896. The first-order chi connectivity index (χ1) is 17.0. The van der Waals surface area contributed by atoms with Crippen molar-refractivity contribution in [2.24, 2.45) is 17.2 Å². The number of carboxylic acids is 1. The molecule has 0 saturated carbocycles. The van der Waals surface area contributed by atoms with E-state index in [-0.39, 0.29) is 12.8 Å². The van der Waals surface area contributed by atoms with E-state index in [2.05, 4.69) is 16.0 Å². The molecule has 0 heterocycles. The van der Waals surface area contributed by atoms with Crippen molar-refractivity contribution >= 4 is 29.6 Å². The van der Waals surface area contributed by atoms with Crippen LogP contribution < -0.4 is 33.2 Å². The van der Waals surface area contributed by atoms with Crippen molar-refractivity contribution in [3.05, 3.63) is 35.9 Å². The molecule has 0 aliphatic carbocycles. The summed E-state index contributed by atoms with van der Waals surface area (Å²) >= 11 is 0. The minimum absolute atomic E-state index is 0.181. The number of aliphatic carboxylic acids is 1. The molecule has 0 bridgehead atoms. The number of aliphatic hydroxyl groups is 1. The van der Waals surface area contributed by atoms with Gasteiger partial charge in [-0.3, -0.25) is 19.2 Å². The molecule has 200 valence electrons. The van der Waals surface area contributed by atoms with Crippen LogP contribution in [0.3, 0.4) is 0 Å². The lowest BCUT2D eigenvalue weighted by Gasteiger charge is -2.26. The highest BCUT2D eigenvalue weighted by molar-refractivity contribution is 5.95. The van der Waals surface area contributed by atoms with Gasteiger partial charge in [0.05, 0.1) is 18.6 Å². The summed E-state index contributed by atoms with van der Waals surface area (Å²) in [6.45, 7) is 1.58. The lowest BCUT2D eigenvalue weighted by molar-refractivity contribution is -0.144. The number of unbranched alkanes of at least 4 members (excludes halogenated alkanes) is 1. The number of carbonyl (C=O) groups is 5. The summed E-state index contributed by atoms with van der Waals surface area (Å²) in [6.07, 6.45) is -0.646. The molecule has 0 aromatic heterocycles. The summed E-state index contributed by atoms with van der Waals surface area (Å²) in [6, 6.07) is 3.81. The zero-order valence-corrected chi connectivity index (χ0v) is 20.2. The van der Waals surface area contributed by atoms with Gasteiger partial charge in [0, 0.05) is 0 Å². The Hall–Kier alpha value is -3.55. The van der Waals surface area contributed by atoms with Crippen LogP contribution >= 0.6 is 0 Å². The smallest absolute Gasteiger partial charge is 0.326 e. The highest BCUT2D eigenvalue weighted by Crippen LogP contribution is 2.06. The first-order valence-electron chi connectivity index (χ1n) is 11.6. The van der Waals surface area contributed by atoms with Crippen LogP contribution in [0.25, 0.3) is 0 Å². The fraction of sp³-hybridized carbons (Fsp3) is 0.522. The molecule has 5 unspecified atom stereocenters. The van der Waals surface area contributed by atoms with Gasteiger partial charge in [0.25, 0.3) is 0 Å². The Morgan fingerprint density at radius 1 is 0.917 bits per heavy atom. The number of nitrogens with one attached hydrogen (secondary N) is 3. The quantitative estimate of drug-likeness (QED) is 0.110. The number of benzene rings is 1. The molecular weight excluding hydrogens is 472 g/mol. The van der Waals surface area contributed by atoms with Gasteiger partial charge in [-0.15, -0.1) is 0 Å². The van der Waals surface area contributed by atoms with Crippen LogP contribution in [0.2, 0.25) is 0 Å². The predicted octanol–water partition coefficient (Wildman–Crippen LogP) is -2.52. The van der Waals surface area contributed by atoms with Crippen LogP contribution in [0.15, 0.2) is 30.3 Å². The third-order valence-electron chi connectivity index (χ3n) is 5.30. The standard InChI is InChI=1S/C23H36N6O7/c1-13(30)19(22(34)28-17(23(35)36)12-18(26)31)29-21(33)16(9-5-6-10-24)27-20(32)15(25)11-14-7-3-2-4-8-14/h2-4,7-8,13,15-17,19,30H,5-6,9-12,24-25H2,1H3,(H2,26,31)(H,27,32)(H,28,34)(H,29,33)(H,35,36). The zero-order valence-electron chi connectivity index (χ0n) is 20.2. The number of carboxylic acid groups (broad SMARTS) is 1. The second kappa shape index (κ2) is 15.4. The van der Waals surface area contributed by atoms with E-state index in [1.54, 1.807) is 0 Å². The third-order valence-corrected chi connectivity index (χ3v) is 5.30. The average Bonchev–Trinajstić information content (AvgIpc) is 2.81. The molecule has 0 aliphatic heterocycles. The number of nitrogens with two attached hydrogens (primary N) is 3. The Morgan fingerprint density at radius 2 is 1.53 bits per heavy atom. The molecule has 36 heavy (non-hydrogen) atoms. The Balaban J connectivity index is 2.93. The van der Waals surface area contributed by atoms with Crippen molar-refractivity contribution in [1.29, 1.82) is 0 Å². The van der Waals surface area contributed by atoms with Gasteiger partial charge in [-0.25, -0.2) is 4.79 Å². The summed E-state index contributed by atoms with van der Waals surface area (Å²) in [7, 11) is 0. The number of hydrogen-bond acceptors (Lipinski definition) is 8. The lowest BCUT2D eigenvalue weighted by Crippen LogP contribution is -2.60. The molecule has 0 fully saturated rings. The summed E-state index contributed by atoms with van der Waals surface area (Å²) < 4.78 is 0. The van der Waals surface area contributed by atoms with E-state index in [9.17, 15) is 34.2 Å². The molecule has 4 amide bonds. The molecule has 0 aliphatic rings. The third kappa shape index (κ3) is 10.8. The van der Waals surface area contributed by atoms with Crippen molar-refractivity contribution in [3.63, 3.8) is 0 Å². The van der Waals surface area contributed by atoms with Gasteiger partial charge < -0.3 is 43.4 Å². The minimum atomic E-state index is -1.65. The van der Waals surface area contributed by atoms with Gasteiger partial charge >= 0.3 is 5.97 Å². The van der Waals surface area contributed by atoms with E-state index in [0.717, 1.165) is 5.56 Å². The number of hydrogen-bond donors (Lipinski definition) is 8. The van der Waals surface area contributed by atoms with Crippen molar-refractivity contribution in [2.45, 2.75) is 69.3 Å². The monoisotopic (exact) mass is 508 g/mol.